The number of unbranched alkanes of at least 4 members (excludes halogenated alkanes) is 1. The molecule has 0 amide bonds. The van der Waals surface area contributed by atoms with E-state index in [1.807, 2.05) is 6.07 Å². The number of H-pyrrole nitrogens is 1. The van der Waals surface area contributed by atoms with Crippen molar-refractivity contribution in [3.8, 4) is 11.3 Å². The van der Waals surface area contributed by atoms with E-state index in [0.29, 0.717) is 10.9 Å². The van der Waals surface area contributed by atoms with Crippen molar-refractivity contribution >= 4 is 22.5 Å². The molecule has 0 aliphatic carbocycles. The maximum absolute atomic E-state index is 6.42. The summed E-state index contributed by atoms with van der Waals surface area (Å²) in [4.78, 5) is 7.70. The van der Waals surface area contributed by atoms with E-state index in [-0.39, 0.29) is 0 Å². The molecule has 3 N–H and O–H groups in total. The van der Waals surface area contributed by atoms with Crippen LogP contribution in [-0.4, -0.2) is 16.5 Å². The molecular weight excluding hydrogens is 330 g/mol. The molecule has 0 saturated heterocycles. The van der Waals surface area contributed by atoms with Gasteiger partial charge >= 0.3 is 0 Å². The SMILES string of the molecule is CCC(C)c1ccc2[nH]c(-c3ccncc3Cl)c(CCCCN)c2c1. The number of fused-ring (bicyclic) bond motifs is 1. The maximum atomic E-state index is 6.42. The third-order valence-corrected chi connectivity index (χ3v) is 5.34. The molecule has 132 valence electrons. The molecular formula is C21H26ClN3. The van der Waals surface area contributed by atoms with Crippen LogP contribution in [0.15, 0.2) is 36.7 Å². The molecule has 0 aliphatic rings. The van der Waals surface area contributed by atoms with E-state index in [1.54, 1.807) is 12.4 Å². The van der Waals surface area contributed by atoms with Gasteiger partial charge in [0.2, 0.25) is 0 Å². The van der Waals surface area contributed by atoms with Crippen LogP contribution in [0.25, 0.3) is 22.2 Å². The van der Waals surface area contributed by atoms with Gasteiger partial charge < -0.3 is 10.7 Å². The molecule has 0 spiro atoms. The molecule has 2 heterocycles. The number of hydrogen-bond acceptors (Lipinski definition) is 2. The predicted octanol–water partition coefficient (Wildman–Crippen LogP) is 5.68. The first kappa shape index (κ1) is 18.0. The second kappa shape index (κ2) is 8.03. The second-order valence-corrected chi connectivity index (χ2v) is 7.10. The van der Waals surface area contributed by atoms with Crippen molar-refractivity contribution in [3.63, 3.8) is 0 Å². The highest BCUT2D eigenvalue weighted by Gasteiger charge is 2.16. The highest BCUT2D eigenvalue weighted by molar-refractivity contribution is 6.33. The van der Waals surface area contributed by atoms with Crippen LogP contribution < -0.4 is 5.73 Å². The number of aryl methyl sites for hydroxylation is 1. The molecule has 3 nitrogen and oxygen atoms in total. The summed E-state index contributed by atoms with van der Waals surface area (Å²) in [6.07, 6.45) is 7.74. The smallest absolute Gasteiger partial charge is 0.0682 e. The average molecular weight is 356 g/mol. The normalized spacial score (nSPS) is 12.6. The minimum Gasteiger partial charge on any atom is -0.354 e. The number of aromatic nitrogens is 2. The standard InChI is InChI=1S/C21H26ClN3/c1-3-14(2)15-7-8-20-18(12-15)16(6-4-5-10-23)21(25-20)17-9-11-24-13-19(17)22/h7-9,11-14,25H,3-6,10,23H2,1-2H3. The molecule has 3 rings (SSSR count). The van der Waals surface area contributed by atoms with Crippen molar-refractivity contribution in [2.75, 3.05) is 6.54 Å². The van der Waals surface area contributed by atoms with E-state index in [2.05, 4.69) is 42.0 Å². The van der Waals surface area contributed by atoms with Gasteiger partial charge in [-0.05, 0) is 67.5 Å². The Kier molecular flexibility index (Phi) is 5.77. The van der Waals surface area contributed by atoms with E-state index < -0.39 is 0 Å². The molecule has 0 fully saturated rings. The highest BCUT2D eigenvalue weighted by Crippen LogP contribution is 2.36. The summed E-state index contributed by atoms with van der Waals surface area (Å²) >= 11 is 6.42. The Morgan fingerprint density at radius 3 is 2.80 bits per heavy atom. The van der Waals surface area contributed by atoms with Crippen molar-refractivity contribution in [1.82, 2.24) is 9.97 Å². The Morgan fingerprint density at radius 2 is 2.08 bits per heavy atom. The first-order valence-corrected chi connectivity index (χ1v) is 9.48. The van der Waals surface area contributed by atoms with Gasteiger partial charge in [0, 0.05) is 28.9 Å². The number of nitrogens with one attached hydrogen (secondary N) is 1. The summed E-state index contributed by atoms with van der Waals surface area (Å²) in [5, 5.41) is 1.98. The van der Waals surface area contributed by atoms with Gasteiger partial charge in [0.15, 0.2) is 0 Å². The van der Waals surface area contributed by atoms with E-state index in [1.165, 1.54) is 16.5 Å². The largest absolute Gasteiger partial charge is 0.354 e. The Bertz CT molecular complexity index is 853. The molecule has 0 radical (unpaired) electrons. The number of benzene rings is 1. The predicted molar refractivity (Wildman–Crippen MR) is 107 cm³/mol. The average Bonchev–Trinajstić information content (AvgIpc) is 2.99. The zero-order chi connectivity index (χ0) is 17.8. The summed E-state index contributed by atoms with van der Waals surface area (Å²) in [5.74, 6) is 0.559. The minimum atomic E-state index is 0.559. The number of rotatable bonds is 7. The number of nitrogens with two attached hydrogens (primary N) is 1. The van der Waals surface area contributed by atoms with E-state index in [4.69, 9.17) is 17.3 Å². The van der Waals surface area contributed by atoms with Gasteiger partial charge in [-0.3, -0.25) is 4.98 Å². The van der Waals surface area contributed by atoms with Gasteiger partial charge in [0.1, 0.15) is 0 Å². The topological polar surface area (TPSA) is 54.7 Å². The molecule has 0 aliphatic heterocycles. The molecule has 0 bridgehead atoms. The third-order valence-electron chi connectivity index (χ3n) is 5.03. The lowest BCUT2D eigenvalue weighted by atomic mass is 9.95. The zero-order valence-electron chi connectivity index (χ0n) is 15.0. The second-order valence-electron chi connectivity index (χ2n) is 6.69. The molecule has 0 saturated carbocycles. The van der Waals surface area contributed by atoms with Crippen molar-refractivity contribution in [3.05, 3.63) is 52.8 Å². The van der Waals surface area contributed by atoms with Crippen molar-refractivity contribution in [1.29, 1.82) is 0 Å². The van der Waals surface area contributed by atoms with Gasteiger partial charge in [-0.15, -0.1) is 0 Å². The summed E-state index contributed by atoms with van der Waals surface area (Å²) in [5.41, 5.74) is 11.7. The lowest BCUT2D eigenvalue weighted by Crippen LogP contribution is -1.99. The van der Waals surface area contributed by atoms with E-state index >= 15 is 0 Å². The first-order valence-electron chi connectivity index (χ1n) is 9.10. The van der Waals surface area contributed by atoms with Gasteiger partial charge in [0.25, 0.3) is 0 Å². The summed E-state index contributed by atoms with van der Waals surface area (Å²) in [6.45, 7) is 5.24. The van der Waals surface area contributed by atoms with Gasteiger partial charge in [-0.2, -0.15) is 0 Å². The molecule has 1 atom stereocenters. The Morgan fingerprint density at radius 1 is 1.24 bits per heavy atom. The number of halogens is 1. The molecule has 3 aromatic rings. The molecule has 1 aromatic carbocycles. The third kappa shape index (κ3) is 3.73. The van der Waals surface area contributed by atoms with Gasteiger partial charge in [0.05, 0.1) is 10.7 Å². The van der Waals surface area contributed by atoms with Crippen molar-refractivity contribution in [2.45, 2.75) is 45.4 Å². The van der Waals surface area contributed by atoms with Crippen molar-refractivity contribution in [2.24, 2.45) is 5.73 Å². The van der Waals surface area contributed by atoms with Crippen LogP contribution >= 0.6 is 11.6 Å². The van der Waals surface area contributed by atoms with Crippen LogP contribution in [-0.2, 0) is 6.42 Å². The number of nitrogens with zero attached hydrogens (tertiary/aromatic N) is 1. The highest BCUT2D eigenvalue weighted by atomic mass is 35.5. The fourth-order valence-electron chi connectivity index (χ4n) is 3.32. The Hall–Kier alpha value is -1.84. The summed E-state index contributed by atoms with van der Waals surface area (Å²) in [7, 11) is 0. The number of hydrogen-bond donors (Lipinski definition) is 2. The number of pyridine rings is 1. The molecule has 1 unspecified atom stereocenters. The summed E-state index contributed by atoms with van der Waals surface area (Å²) in [6, 6.07) is 8.75. The molecule has 25 heavy (non-hydrogen) atoms. The van der Waals surface area contributed by atoms with E-state index in [0.717, 1.165) is 49.0 Å². The van der Waals surface area contributed by atoms with Crippen LogP contribution in [0.1, 0.15) is 50.2 Å². The lowest BCUT2D eigenvalue weighted by Gasteiger charge is -2.10. The van der Waals surface area contributed by atoms with Crippen molar-refractivity contribution < 1.29 is 0 Å². The Labute approximate surface area is 154 Å². The first-order chi connectivity index (χ1) is 12.2. The maximum Gasteiger partial charge on any atom is 0.0682 e. The molecule has 4 heteroatoms. The quantitative estimate of drug-likeness (QED) is 0.536. The van der Waals surface area contributed by atoms with Gasteiger partial charge in [-0.1, -0.05) is 31.5 Å². The van der Waals surface area contributed by atoms with E-state index in [9.17, 15) is 0 Å². The number of aromatic amines is 1. The van der Waals surface area contributed by atoms with Crippen LogP contribution in [0.2, 0.25) is 5.02 Å². The van der Waals surface area contributed by atoms with Crippen LogP contribution in [0.5, 0.6) is 0 Å². The Balaban J connectivity index is 2.15. The zero-order valence-corrected chi connectivity index (χ0v) is 15.7. The van der Waals surface area contributed by atoms with Crippen LogP contribution in [0.4, 0.5) is 0 Å². The summed E-state index contributed by atoms with van der Waals surface area (Å²) < 4.78 is 0. The molecule has 2 aromatic heterocycles. The van der Waals surface area contributed by atoms with Crippen LogP contribution in [0.3, 0.4) is 0 Å². The fraction of sp³-hybridized carbons (Fsp3) is 0.381. The monoisotopic (exact) mass is 355 g/mol. The lowest BCUT2D eigenvalue weighted by molar-refractivity contribution is 0.734. The van der Waals surface area contributed by atoms with Crippen LogP contribution in [0, 0.1) is 0 Å². The minimum absolute atomic E-state index is 0.559. The fourth-order valence-corrected chi connectivity index (χ4v) is 3.54. The van der Waals surface area contributed by atoms with Gasteiger partial charge in [-0.25, -0.2) is 0 Å².